The smallest absolute Gasteiger partial charge is 0.317 e. The number of H-pyrrole nitrogens is 1. The molecule has 3 N–H and O–H groups in total. The summed E-state index contributed by atoms with van der Waals surface area (Å²) in [6.45, 7) is 13.8. The fraction of sp³-hybridized carbons (Fsp3) is 0.821. The van der Waals surface area contributed by atoms with Crippen LogP contribution < -0.4 is 5.32 Å². The summed E-state index contributed by atoms with van der Waals surface area (Å²) in [5.41, 5.74) is 0.546. The molecule has 0 radical (unpaired) electrons. The van der Waals surface area contributed by atoms with E-state index >= 15 is 0 Å². The van der Waals surface area contributed by atoms with Crippen LogP contribution >= 0.6 is 0 Å². The molecule has 2 amide bonds. The fourth-order valence-electron chi connectivity index (χ4n) is 7.55. The lowest BCUT2D eigenvalue weighted by atomic mass is 9.72. The number of carboxylic acids is 1. The van der Waals surface area contributed by atoms with E-state index in [1.165, 1.54) is 51.4 Å². The number of carbonyl (C=O) groups excluding carboxylic acids is 2. The van der Waals surface area contributed by atoms with Gasteiger partial charge in [-0.15, -0.1) is 0 Å². The Morgan fingerprint density at radius 1 is 0.917 bits per heavy atom. The number of ketones is 1. The third-order valence-corrected chi connectivity index (χ3v) is 10.4. The second-order valence-corrected chi connectivity index (χ2v) is 15.6. The number of aromatic nitrogens is 1. The van der Waals surface area contributed by atoms with Gasteiger partial charge in [0.1, 0.15) is 6.10 Å². The molecule has 2 fully saturated rings. The minimum absolute atomic E-state index is 0.0484. The highest BCUT2D eigenvalue weighted by atomic mass is 16.7. The van der Waals surface area contributed by atoms with Crippen molar-refractivity contribution in [2.24, 2.45) is 11.3 Å². The standard InChI is InChI=1S/C39H67N3O6/c1-7-9-11-12-13-14-15-16-17-20-26-42(25-10-8-2)37(46)41-32-22-19-18-21-29(32)31(27-33(43)44)34-30(23-24-40-34)35(45)36-38(3,4)28-47-39(5,6)48-36/h23-24,29,31-32,36,40H,7-22,25-28H2,1-6H3,(H,41,46)(H,43,44). The van der Waals surface area contributed by atoms with Gasteiger partial charge < -0.3 is 29.8 Å². The Morgan fingerprint density at radius 3 is 2.17 bits per heavy atom. The van der Waals surface area contributed by atoms with E-state index in [2.05, 4.69) is 24.1 Å². The van der Waals surface area contributed by atoms with Crippen LogP contribution in [0.5, 0.6) is 0 Å². The third kappa shape index (κ3) is 12.2. The number of nitrogens with one attached hydrogen (secondary N) is 2. The summed E-state index contributed by atoms with van der Waals surface area (Å²) >= 11 is 0. The lowest BCUT2D eigenvalue weighted by molar-refractivity contribution is -0.298. The molecule has 1 aromatic heterocycles. The zero-order valence-corrected chi connectivity index (χ0v) is 31.0. The lowest BCUT2D eigenvalue weighted by Gasteiger charge is -2.45. The van der Waals surface area contributed by atoms with Crippen molar-refractivity contribution >= 4 is 17.8 Å². The largest absolute Gasteiger partial charge is 0.481 e. The summed E-state index contributed by atoms with van der Waals surface area (Å²) in [6.07, 6.45) is 18.9. The maximum absolute atomic E-state index is 14.1. The highest BCUT2D eigenvalue weighted by Crippen LogP contribution is 2.42. The van der Waals surface area contributed by atoms with Crippen molar-refractivity contribution in [2.75, 3.05) is 19.7 Å². The van der Waals surface area contributed by atoms with E-state index in [9.17, 15) is 19.5 Å². The molecule has 2 heterocycles. The number of aromatic amines is 1. The van der Waals surface area contributed by atoms with Crippen LogP contribution in [0.15, 0.2) is 12.3 Å². The van der Waals surface area contributed by atoms with Crippen LogP contribution in [0.4, 0.5) is 4.79 Å². The van der Waals surface area contributed by atoms with Crippen molar-refractivity contribution in [1.29, 1.82) is 0 Å². The van der Waals surface area contributed by atoms with Gasteiger partial charge in [-0.1, -0.05) is 105 Å². The minimum atomic E-state index is -0.919. The van der Waals surface area contributed by atoms with E-state index in [-0.39, 0.29) is 30.2 Å². The molecule has 1 aliphatic heterocycles. The summed E-state index contributed by atoms with van der Waals surface area (Å²) in [4.78, 5) is 45.5. The minimum Gasteiger partial charge on any atom is -0.481 e. The first-order chi connectivity index (χ1) is 22.9. The first kappa shape index (κ1) is 40.0. The first-order valence-corrected chi connectivity index (χ1v) is 19.2. The molecule has 4 unspecified atom stereocenters. The number of carbonyl (C=O) groups is 3. The zero-order valence-electron chi connectivity index (χ0n) is 31.0. The van der Waals surface area contributed by atoms with Crippen molar-refractivity contribution in [2.45, 2.75) is 175 Å². The van der Waals surface area contributed by atoms with Crippen LogP contribution in [0, 0.1) is 11.3 Å². The molecule has 0 bridgehead atoms. The van der Waals surface area contributed by atoms with E-state index in [1.807, 2.05) is 32.6 Å². The van der Waals surface area contributed by atoms with Crippen molar-refractivity contribution in [3.8, 4) is 0 Å². The zero-order chi connectivity index (χ0) is 35.2. The Bertz CT molecular complexity index is 1130. The van der Waals surface area contributed by atoms with E-state index in [1.54, 1.807) is 12.3 Å². The van der Waals surface area contributed by atoms with Gasteiger partial charge in [0, 0.05) is 47.9 Å². The predicted molar refractivity (Wildman–Crippen MR) is 191 cm³/mol. The molecule has 274 valence electrons. The maximum Gasteiger partial charge on any atom is 0.317 e. The molecule has 4 atom stereocenters. The maximum atomic E-state index is 14.1. The summed E-state index contributed by atoms with van der Waals surface area (Å²) < 4.78 is 12.0. The molecular weight excluding hydrogens is 606 g/mol. The Kier molecular flexibility index (Phi) is 16.4. The topological polar surface area (TPSA) is 121 Å². The van der Waals surface area contributed by atoms with Crippen molar-refractivity contribution in [1.82, 2.24) is 15.2 Å². The number of rotatable bonds is 21. The molecule has 0 spiro atoms. The number of hydrogen-bond donors (Lipinski definition) is 3. The van der Waals surface area contributed by atoms with Crippen molar-refractivity contribution in [3.63, 3.8) is 0 Å². The van der Waals surface area contributed by atoms with Crippen LogP contribution in [0.2, 0.25) is 0 Å². The van der Waals surface area contributed by atoms with Crippen LogP contribution in [-0.4, -0.2) is 70.4 Å². The quantitative estimate of drug-likeness (QED) is 0.0884. The van der Waals surface area contributed by atoms with Gasteiger partial charge in [-0.3, -0.25) is 9.59 Å². The first-order valence-electron chi connectivity index (χ1n) is 19.2. The number of nitrogens with zero attached hydrogens (tertiary/aromatic N) is 1. The van der Waals surface area contributed by atoms with Crippen LogP contribution in [0.25, 0.3) is 0 Å². The van der Waals surface area contributed by atoms with Crippen LogP contribution in [-0.2, 0) is 14.3 Å². The normalized spacial score (nSPS) is 22.6. The number of hydrogen-bond acceptors (Lipinski definition) is 5. The average Bonchev–Trinajstić information content (AvgIpc) is 3.53. The predicted octanol–water partition coefficient (Wildman–Crippen LogP) is 9.22. The van der Waals surface area contributed by atoms with E-state index in [0.29, 0.717) is 17.9 Å². The number of carboxylic acid groups (broad SMARTS) is 1. The molecule has 1 aromatic rings. The summed E-state index contributed by atoms with van der Waals surface area (Å²) in [7, 11) is 0. The van der Waals surface area contributed by atoms with Crippen LogP contribution in [0.3, 0.4) is 0 Å². The van der Waals surface area contributed by atoms with E-state index in [4.69, 9.17) is 9.47 Å². The van der Waals surface area contributed by atoms with Gasteiger partial charge in [0.15, 0.2) is 11.6 Å². The van der Waals surface area contributed by atoms with Gasteiger partial charge in [0.05, 0.1) is 13.0 Å². The Morgan fingerprint density at radius 2 is 1.52 bits per heavy atom. The van der Waals surface area contributed by atoms with Crippen LogP contribution in [0.1, 0.15) is 173 Å². The molecule has 9 nitrogen and oxygen atoms in total. The molecule has 1 saturated heterocycles. The second kappa shape index (κ2) is 19.7. The van der Waals surface area contributed by atoms with E-state index < -0.39 is 29.2 Å². The molecule has 1 aliphatic carbocycles. The molecule has 2 aliphatic rings. The fourth-order valence-corrected chi connectivity index (χ4v) is 7.55. The second-order valence-electron chi connectivity index (χ2n) is 15.6. The molecule has 0 aromatic carbocycles. The van der Waals surface area contributed by atoms with Gasteiger partial charge in [-0.2, -0.15) is 0 Å². The number of unbranched alkanes of at least 4 members (excludes halogenated alkanes) is 10. The van der Waals surface area contributed by atoms with Gasteiger partial charge in [-0.05, 0) is 51.5 Å². The summed E-state index contributed by atoms with van der Waals surface area (Å²) in [5, 5.41) is 13.5. The lowest BCUT2D eigenvalue weighted by Crippen LogP contribution is -2.53. The molecule has 1 saturated carbocycles. The highest BCUT2D eigenvalue weighted by molar-refractivity contribution is 6.01. The van der Waals surface area contributed by atoms with E-state index in [0.717, 1.165) is 64.5 Å². The molecule has 9 heteroatoms. The van der Waals surface area contributed by atoms with Gasteiger partial charge >= 0.3 is 12.0 Å². The summed E-state index contributed by atoms with van der Waals surface area (Å²) in [6, 6.07) is 1.53. The molecule has 3 rings (SSSR count). The monoisotopic (exact) mass is 674 g/mol. The summed E-state index contributed by atoms with van der Waals surface area (Å²) in [5.74, 6) is -2.55. The Balaban J connectivity index is 1.70. The SMILES string of the molecule is CCCCCCCCCCCCN(CCCC)C(=O)NC1CCCCC1C(CC(=O)O)c1[nH]ccc1C(=O)C1OC(C)(C)OCC1(C)C. The average molecular weight is 674 g/mol. The number of Topliss-reactive ketones (excluding diaryl/α,β-unsaturated/α-hetero) is 1. The number of aliphatic carboxylic acids is 1. The third-order valence-electron chi connectivity index (χ3n) is 10.4. The van der Waals surface area contributed by atoms with Gasteiger partial charge in [0.25, 0.3) is 0 Å². The Hall–Kier alpha value is -2.39. The highest BCUT2D eigenvalue weighted by Gasteiger charge is 2.47. The number of ether oxygens (including phenoxy) is 2. The number of amides is 2. The molecular formula is C39H67N3O6. The van der Waals surface area contributed by atoms with Gasteiger partial charge in [0.2, 0.25) is 0 Å². The van der Waals surface area contributed by atoms with Crippen molar-refractivity contribution in [3.05, 3.63) is 23.5 Å². The van der Waals surface area contributed by atoms with Gasteiger partial charge in [-0.25, -0.2) is 4.79 Å². The Labute approximate surface area is 290 Å². The molecule has 48 heavy (non-hydrogen) atoms. The van der Waals surface area contributed by atoms with Crippen molar-refractivity contribution < 1.29 is 29.0 Å². The number of urea groups is 1.